The van der Waals surface area contributed by atoms with Crippen LogP contribution in [-0.2, 0) is 4.79 Å². The highest BCUT2D eigenvalue weighted by atomic mass is 19.3. The van der Waals surface area contributed by atoms with Crippen molar-refractivity contribution in [2.24, 2.45) is 5.73 Å². The lowest BCUT2D eigenvalue weighted by molar-refractivity contribution is -0.355. The van der Waals surface area contributed by atoms with Crippen molar-refractivity contribution in [2.45, 2.75) is 30.1 Å². The first kappa shape index (κ1) is 14.6. The first-order chi connectivity index (χ1) is 7.96. The summed E-state index contributed by atoms with van der Waals surface area (Å²) in [6.07, 6.45) is -2.02. The van der Waals surface area contributed by atoms with Gasteiger partial charge >= 0.3 is 17.9 Å². The van der Waals surface area contributed by atoms with Gasteiger partial charge in [0.15, 0.2) is 0 Å². The van der Waals surface area contributed by atoms with Crippen molar-refractivity contribution in [3.63, 3.8) is 0 Å². The summed E-state index contributed by atoms with van der Waals surface area (Å²) in [5.74, 6) is -7.31. The maximum Gasteiger partial charge on any atom is 0.416 e. The molecule has 10 heteroatoms. The fourth-order valence-corrected chi connectivity index (χ4v) is 1.37. The average molecular weight is 278 g/mol. The summed E-state index contributed by atoms with van der Waals surface area (Å²) in [5, 5.41) is 6.70. The molecule has 0 aliphatic carbocycles. The molecule has 0 amide bonds. The van der Waals surface area contributed by atoms with Crippen molar-refractivity contribution < 1.29 is 36.3 Å². The number of hydrogen-bond donors (Lipinski definition) is 2. The molecule has 104 valence electrons. The number of halogens is 6. The Morgan fingerprint density at radius 3 is 2.28 bits per heavy atom. The van der Waals surface area contributed by atoms with Crippen LogP contribution in [0.4, 0.5) is 26.4 Å². The molecule has 1 heterocycles. The monoisotopic (exact) mass is 278 g/mol. The van der Waals surface area contributed by atoms with Gasteiger partial charge in [0.1, 0.15) is 6.04 Å². The van der Waals surface area contributed by atoms with Gasteiger partial charge in [0.05, 0.1) is 0 Å². The molecule has 1 rings (SSSR count). The highest BCUT2D eigenvalue weighted by Gasteiger charge is 2.74. The predicted octanol–water partition coefficient (Wildman–Crippen LogP) is 1.44. The van der Waals surface area contributed by atoms with Gasteiger partial charge in [-0.2, -0.15) is 17.6 Å². The summed E-state index contributed by atoms with van der Waals surface area (Å²) < 4.78 is 78.4. The van der Waals surface area contributed by atoms with Crippen molar-refractivity contribution in [2.75, 3.05) is 0 Å². The van der Waals surface area contributed by atoms with Crippen LogP contribution in [0.5, 0.6) is 0 Å². The van der Waals surface area contributed by atoms with E-state index in [2.05, 4.69) is 0 Å². The normalized spacial score (nSPS) is 31.2. The van der Waals surface area contributed by atoms with Crippen LogP contribution < -0.4 is 5.73 Å². The van der Waals surface area contributed by atoms with E-state index in [1.807, 2.05) is 0 Å². The fourth-order valence-electron chi connectivity index (χ4n) is 1.37. The van der Waals surface area contributed by atoms with E-state index in [1.54, 1.807) is 0 Å². The number of carbonyl (C=O) groups is 1. The summed E-state index contributed by atoms with van der Waals surface area (Å²) in [4.78, 5) is 10.3. The lowest BCUT2D eigenvalue weighted by Gasteiger charge is -2.41. The molecule has 0 saturated carbocycles. The minimum Gasteiger partial charge on any atom is -0.480 e. The molecule has 0 bridgehead atoms. The summed E-state index contributed by atoms with van der Waals surface area (Å²) in [6.45, 7) is 0. The molecule has 2 unspecified atom stereocenters. The van der Waals surface area contributed by atoms with Gasteiger partial charge in [0.25, 0.3) is 0 Å². The second-order valence-corrected chi connectivity index (χ2v) is 3.75. The Morgan fingerprint density at radius 1 is 1.33 bits per heavy atom. The van der Waals surface area contributed by atoms with E-state index in [1.165, 1.54) is 0 Å². The highest BCUT2D eigenvalue weighted by Crippen LogP contribution is 2.51. The average Bonchev–Trinajstić information content (AvgIpc) is 2.23. The molecule has 1 aliphatic rings. The van der Waals surface area contributed by atoms with Crippen LogP contribution in [0.25, 0.3) is 0 Å². The maximum atomic E-state index is 13.8. The van der Waals surface area contributed by atoms with E-state index in [0.717, 1.165) is 0 Å². The molecule has 3 N–H and O–H groups in total. The van der Waals surface area contributed by atoms with Crippen LogP contribution in [0.3, 0.4) is 0 Å². The molecule has 0 radical (unpaired) electrons. The largest absolute Gasteiger partial charge is 0.480 e. The van der Waals surface area contributed by atoms with Gasteiger partial charge in [-0.1, -0.05) is 4.48 Å². The predicted molar refractivity (Wildman–Crippen MR) is 46.0 cm³/mol. The third-order valence-electron chi connectivity index (χ3n) is 2.47. The molecule has 0 fully saturated rings. The van der Waals surface area contributed by atoms with Gasteiger partial charge in [-0.3, -0.25) is 4.79 Å². The van der Waals surface area contributed by atoms with Crippen molar-refractivity contribution in [3.8, 4) is 0 Å². The summed E-state index contributed by atoms with van der Waals surface area (Å²) in [7, 11) is 0. The minimum atomic E-state index is -5.46. The first-order valence-electron chi connectivity index (χ1n) is 4.53. The molecule has 18 heavy (non-hydrogen) atoms. The molecule has 1 aliphatic heterocycles. The van der Waals surface area contributed by atoms with Crippen molar-refractivity contribution in [1.29, 1.82) is 0 Å². The van der Waals surface area contributed by atoms with Gasteiger partial charge in [-0.15, -0.1) is 5.12 Å². The van der Waals surface area contributed by atoms with E-state index in [0.29, 0.717) is 0 Å². The number of rotatable bonds is 3. The zero-order valence-corrected chi connectivity index (χ0v) is 8.59. The van der Waals surface area contributed by atoms with E-state index >= 15 is 0 Å². The molecular weight excluding hydrogens is 270 g/mol. The first-order valence-corrected chi connectivity index (χ1v) is 4.53. The summed E-state index contributed by atoms with van der Waals surface area (Å²) >= 11 is 0. The molecule has 0 aromatic heterocycles. The molecule has 0 aromatic carbocycles. The summed E-state index contributed by atoms with van der Waals surface area (Å²) in [6, 6.07) is -7.57. The number of carboxylic acids is 1. The lowest BCUT2D eigenvalue weighted by Crippen LogP contribution is -2.64. The SMILES string of the molecule is NC(CC1(F)C=CN(F)C(F)(F)C1(F)F)C(=O)O. The Balaban J connectivity index is 3.15. The van der Waals surface area contributed by atoms with Gasteiger partial charge < -0.3 is 10.8 Å². The summed E-state index contributed by atoms with van der Waals surface area (Å²) in [5.41, 5.74) is 0.759. The van der Waals surface area contributed by atoms with Crippen molar-refractivity contribution >= 4 is 5.97 Å². The van der Waals surface area contributed by atoms with Crippen LogP contribution in [0, 0.1) is 0 Å². The molecule has 0 saturated heterocycles. The number of allylic oxidation sites excluding steroid dienone is 1. The molecule has 0 aromatic rings. The van der Waals surface area contributed by atoms with Crippen LogP contribution in [0.2, 0.25) is 0 Å². The zero-order valence-electron chi connectivity index (χ0n) is 8.59. The van der Waals surface area contributed by atoms with Crippen LogP contribution in [0.15, 0.2) is 12.3 Å². The third kappa shape index (κ3) is 1.89. The Morgan fingerprint density at radius 2 is 1.83 bits per heavy atom. The van der Waals surface area contributed by atoms with Gasteiger partial charge in [-0.25, -0.2) is 4.39 Å². The van der Waals surface area contributed by atoms with Crippen molar-refractivity contribution in [3.05, 3.63) is 12.3 Å². The second-order valence-electron chi connectivity index (χ2n) is 3.75. The van der Waals surface area contributed by atoms with Gasteiger partial charge in [0.2, 0.25) is 5.67 Å². The molecule has 0 spiro atoms. The van der Waals surface area contributed by atoms with E-state index in [-0.39, 0.29) is 12.3 Å². The van der Waals surface area contributed by atoms with Crippen molar-refractivity contribution in [1.82, 2.24) is 5.12 Å². The number of nitrogens with zero attached hydrogens (tertiary/aromatic N) is 1. The Hall–Kier alpha value is -1.45. The van der Waals surface area contributed by atoms with Crippen LogP contribution in [-0.4, -0.2) is 39.9 Å². The highest BCUT2D eigenvalue weighted by molar-refractivity contribution is 5.73. The van der Waals surface area contributed by atoms with Crippen LogP contribution in [0.1, 0.15) is 6.42 Å². The van der Waals surface area contributed by atoms with E-state index in [4.69, 9.17) is 10.8 Å². The standard InChI is InChI=1S/C8H8F6N2O2/c9-6(3-4(15)5(17)18)1-2-16(14)8(12,13)7(6,10)11/h1-2,4H,3,15H2,(H,17,18). The number of nitrogens with two attached hydrogens (primary N) is 1. The molecule has 2 atom stereocenters. The Labute approximate surface area is 96.6 Å². The quantitative estimate of drug-likeness (QED) is 0.465. The minimum absolute atomic E-state index is 0.173. The van der Waals surface area contributed by atoms with Gasteiger partial charge in [0, 0.05) is 12.6 Å². The number of aliphatic carboxylic acids is 1. The molecule has 4 nitrogen and oxygen atoms in total. The number of carboxylic acid groups (broad SMARTS) is 1. The smallest absolute Gasteiger partial charge is 0.416 e. The lowest BCUT2D eigenvalue weighted by atomic mass is 9.86. The fraction of sp³-hybridized carbons (Fsp3) is 0.625. The number of hydrogen-bond acceptors (Lipinski definition) is 3. The molecular formula is C8H8F6N2O2. The Bertz CT molecular complexity index is 388. The van der Waals surface area contributed by atoms with Gasteiger partial charge in [-0.05, 0) is 6.08 Å². The number of alkyl halides is 5. The zero-order chi connectivity index (χ0) is 14.4. The third-order valence-corrected chi connectivity index (χ3v) is 2.47. The van der Waals surface area contributed by atoms with E-state index in [9.17, 15) is 31.2 Å². The van der Waals surface area contributed by atoms with Crippen LogP contribution >= 0.6 is 0 Å². The maximum absolute atomic E-state index is 13.8. The topological polar surface area (TPSA) is 66.6 Å². The Kier molecular flexibility index (Phi) is 3.28. The van der Waals surface area contributed by atoms with E-state index < -0.39 is 41.2 Å². The second kappa shape index (κ2) is 4.04.